The van der Waals surface area contributed by atoms with Crippen LogP contribution in [0.1, 0.15) is 50.4 Å². The van der Waals surface area contributed by atoms with Gasteiger partial charge < -0.3 is 18.8 Å². The highest BCUT2D eigenvalue weighted by Crippen LogP contribution is 2.24. The number of thiazole rings is 1. The average molecular weight is 471 g/mol. The van der Waals surface area contributed by atoms with Crippen molar-refractivity contribution in [3.05, 3.63) is 52.8 Å². The van der Waals surface area contributed by atoms with Crippen LogP contribution in [0.25, 0.3) is 10.2 Å². The summed E-state index contributed by atoms with van der Waals surface area (Å²) in [7, 11) is 0. The number of amides is 1. The van der Waals surface area contributed by atoms with Gasteiger partial charge >= 0.3 is 5.97 Å². The minimum Gasteiger partial charge on any atom is -0.494 e. The number of fused-ring (bicyclic) bond motifs is 1. The molecular formula is C25H30N2O5S. The summed E-state index contributed by atoms with van der Waals surface area (Å²) in [5.74, 6) is 0.579. The molecule has 0 radical (unpaired) electrons. The molecule has 0 atom stereocenters. The Morgan fingerprint density at radius 2 is 1.79 bits per heavy atom. The predicted molar refractivity (Wildman–Crippen MR) is 129 cm³/mol. The Morgan fingerprint density at radius 3 is 2.55 bits per heavy atom. The molecule has 0 bridgehead atoms. The van der Waals surface area contributed by atoms with Crippen LogP contribution in [0.3, 0.4) is 0 Å². The lowest BCUT2D eigenvalue weighted by Gasteiger charge is -2.07. The second-order valence-electron chi connectivity index (χ2n) is 7.34. The van der Waals surface area contributed by atoms with Crippen molar-refractivity contribution in [1.82, 2.24) is 4.57 Å². The molecule has 0 N–H and O–H groups in total. The SMILES string of the molecule is CCCCCOc1cccc(C(=O)N=c2sc3cc(OCC)ccc3n2CC(=O)OCC)c1. The van der Waals surface area contributed by atoms with Crippen LogP contribution < -0.4 is 14.3 Å². The summed E-state index contributed by atoms with van der Waals surface area (Å²) in [5, 5.41) is 0. The van der Waals surface area contributed by atoms with E-state index in [4.69, 9.17) is 14.2 Å². The summed E-state index contributed by atoms with van der Waals surface area (Å²) in [6.45, 7) is 7.23. The third-order valence-electron chi connectivity index (χ3n) is 4.85. The molecule has 1 heterocycles. The molecule has 176 valence electrons. The van der Waals surface area contributed by atoms with Gasteiger partial charge in [0.2, 0.25) is 0 Å². The van der Waals surface area contributed by atoms with Crippen LogP contribution in [0.5, 0.6) is 11.5 Å². The Kier molecular flexibility index (Phi) is 9.06. The van der Waals surface area contributed by atoms with Crippen LogP contribution in [0, 0.1) is 0 Å². The number of carbonyl (C=O) groups excluding carboxylic acids is 2. The van der Waals surface area contributed by atoms with Crippen LogP contribution in [-0.2, 0) is 16.1 Å². The summed E-state index contributed by atoms with van der Waals surface area (Å²) < 4.78 is 19.0. The van der Waals surface area contributed by atoms with Gasteiger partial charge in [-0.1, -0.05) is 37.2 Å². The number of aromatic nitrogens is 1. The molecule has 3 aromatic rings. The monoisotopic (exact) mass is 470 g/mol. The largest absolute Gasteiger partial charge is 0.494 e. The number of carbonyl (C=O) groups is 2. The third-order valence-corrected chi connectivity index (χ3v) is 5.89. The molecule has 0 spiro atoms. The van der Waals surface area contributed by atoms with E-state index >= 15 is 0 Å². The Hall–Kier alpha value is -3.13. The fraction of sp³-hybridized carbons (Fsp3) is 0.400. The lowest BCUT2D eigenvalue weighted by Crippen LogP contribution is -2.23. The number of benzene rings is 2. The number of ether oxygens (including phenoxy) is 3. The molecule has 33 heavy (non-hydrogen) atoms. The van der Waals surface area contributed by atoms with Gasteiger partial charge in [-0.05, 0) is 56.7 Å². The molecule has 1 aromatic heterocycles. The summed E-state index contributed by atoms with van der Waals surface area (Å²) in [5.41, 5.74) is 1.22. The van der Waals surface area contributed by atoms with E-state index in [1.165, 1.54) is 11.3 Å². The zero-order chi connectivity index (χ0) is 23.6. The van der Waals surface area contributed by atoms with E-state index < -0.39 is 5.91 Å². The van der Waals surface area contributed by atoms with Gasteiger partial charge in [0.1, 0.15) is 18.0 Å². The van der Waals surface area contributed by atoms with Crippen molar-refractivity contribution in [1.29, 1.82) is 0 Å². The second kappa shape index (κ2) is 12.2. The number of esters is 1. The van der Waals surface area contributed by atoms with E-state index in [1.807, 2.05) is 31.2 Å². The van der Waals surface area contributed by atoms with Crippen molar-refractivity contribution < 1.29 is 23.8 Å². The van der Waals surface area contributed by atoms with E-state index in [9.17, 15) is 9.59 Å². The van der Waals surface area contributed by atoms with Gasteiger partial charge in [0.15, 0.2) is 4.80 Å². The van der Waals surface area contributed by atoms with Crippen LogP contribution in [0.2, 0.25) is 0 Å². The van der Waals surface area contributed by atoms with E-state index in [1.54, 1.807) is 29.7 Å². The van der Waals surface area contributed by atoms with E-state index in [0.29, 0.717) is 29.3 Å². The lowest BCUT2D eigenvalue weighted by atomic mass is 10.2. The zero-order valence-electron chi connectivity index (χ0n) is 19.3. The van der Waals surface area contributed by atoms with Gasteiger partial charge in [0, 0.05) is 5.56 Å². The van der Waals surface area contributed by atoms with E-state index in [2.05, 4.69) is 11.9 Å². The number of hydrogen-bond acceptors (Lipinski definition) is 6. The van der Waals surface area contributed by atoms with Crippen molar-refractivity contribution in [2.75, 3.05) is 19.8 Å². The Labute approximate surface area is 197 Å². The molecule has 0 aliphatic carbocycles. The Morgan fingerprint density at radius 1 is 0.970 bits per heavy atom. The molecule has 1 amide bonds. The van der Waals surface area contributed by atoms with Crippen molar-refractivity contribution in [2.24, 2.45) is 4.99 Å². The average Bonchev–Trinajstić information content (AvgIpc) is 3.13. The lowest BCUT2D eigenvalue weighted by molar-refractivity contribution is -0.143. The topological polar surface area (TPSA) is 79.1 Å². The molecule has 0 fully saturated rings. The van der Waals surface area contributed by atoms with E-state index in [-0.39, 0.29) is 19.1 Å². The molecule has 7 nitrogen and oxygen atoms in total. The second-order valence-corrected chi connectivity index (χ2v) is 8.35. The van der Waals surface area contributed by atoms with Gasteiger partial charge in [0.05, 0.1) is 30.0 Å². The van der Waals surface area contributed by atoms with Gasteiger partial charge in [-0.25, -0.2) is 0 Å². The maximum absolute atomic E-state index is 13.0. The first-order valence-corrected chi connectivity index (χ1v) is 12.1. The maximum atomic E-state index is 13.0. The number of nitrogens with zero attached hydrogens (tertiary/aromatic N) is 2. The molecule has 8 heteroatoms. The van der Waals surface area contributed by atoms with Crippen molar-refractivity contribution >= 4 is 33.4 Å². The first-order chi connectivity index (χ1) is 16.0. The van der Waals surface area contributed by atoms with Crippen LogP contribution in [0.4, 0.5) is 0 Å². The smallest absolute Gasteiger partial charge is 0.326 e. The normalized spacial score (nSPS) is 11.5. The Bertz CT molecular complexity index is 1170. The standard InChI is InChI=1S/C25H30N2O5S/c1-4-7-8-14-32-19-11-9-10-18(15-19)24(29)26-25-27(17-23(28)31-6-3)21-13-12-20(30-5-2)16-22(21)33-25/h9-13,15-16H,4-8,14,17H2,1-3H3. The van der Waals surface area contributed by atoms with Gasteiger partial charge in [0.25, 0.3) is 5.91 Å². The zero-order valence-corrected chi connectivity index (χ0v) is 20.2. The van der Waals surface area contributed by atoms with E-state index in [0.717, 1.165) is 35.2 Å². The highest BCUT2D eigenvalue weighted by Gasteiger charge is 2.14. The number of hydrogen-bond donors (Lipinski definition) is 0. The van der Waals surface area contributed by atoms with Crippen LogP contribution in [0.15, 0.2) is 47.5 Å². The number of rotatable bonds is 11. The summed E-state index contributed by atoms with van der Waals surface area (Å²) in [6.07, 6.45) is 3.19. The first-order valence-electron chi connectivity index (χ1n) is 11.3. The summed E-state index contributed by atoms with van der Waals surface area (Å²) in [4.78, 5) is 30.0. The molecule has 0 aliphatic heterocycles. The maximum Gasteiger partial charge on any atom is 0.326 e. The Balaban J connectivity index is 1.94. The fourth-order valence-corrected chi connectivity index (χ4v) is 4.35. The quantitative estimate of drug-likeness (QED) is 0.292. The van der Waals surface area contributed by atoms with Crippen molar-refractivity contribution in [3.63, 3.8) is 0 Å². The van der Waals surface area contributed by atoms with Crippen LogP contribution >= 0.6 is 11.3 Å². The molecular weight excluding hydrogens is 440 g/mol. The van der Waals surface area contributed by atoms with Gasteiger partial charge in [-0.3, -0.25) is 9.59 Å². The van der Waals surface area contributed by atoms with Crippen LogP contribution in [-0.4, -0.2) is 36.3 Å². The third kappa shape index (κ3) is 6.68. The molecule has 0 saturated heterocycles. The first kappa shape index (κ1) is 24.5. The summed E-state index contributed by atoms with van der Waals surface area (Å²) in [6, 6.07) is 12.6. The highest BCUT2D eigenvalue weighted by molar-refractivity contribution is 7.16. The van der Waals surface area contributed by atoms with Gasteiger partial charge in [-0.15, -0.1) is 0 Å². The van der Waals surface area contributed by atoms with Crippen molar-refractivity contribution in [3.8, 4) is 11.5 Å². The minimum atomic E-state index is -0.400. The highest BCUT2D eigenvalue weighted by atomic mass is 32.1. The molecule has 0 unspecified atom stereocenters. The molecule has 2 aromatic carbocycles. The fourth-order valence-electron chi connectivity index (χ4n) is 3.30. The molecule has 3 rings (SSSR count). The van der Waals surface area contributed by atoms with Crippen molar-refractivity contribution in [2.45, 2.75) is 46.6 Å². The molecule has 0 saturated carbocycles. The van der Waals surface area contributed by atoms with Gasteiger partial charge in [-0.2, -0.15) is 4.99 Å². The molecule has 0 aliphatic rings. The number of unbranched alkanes of at least 4 members (excludes halogenated alkanes) is 2. The minimum absolute atomic E-state index is 0.0332. The predicted octanol–water partition coefficient (Wildman–Crippen LogP) is 4.97. The summed E-state index contributed by atoms with van der Waals surface area (Å²) >= 11 is 1.33.